The quantitative estimate of drug-likeness (QED) is 0.275. The highest BCUT2D eigenvalue weighted by Crippen LogP contribution is 2.31. The van der Waals surface area contributed by atoms with Gasteiger partial charge in [0.1, 0.15) is 5.58 Å². The third-order valence-corrected chi connectivity index (χ3v) is 8.24. The van der Waals surface area contributed by atoms with Crippen molar-refractivity contribution in [2.24, 2.45) is 18.0 Å². The van der Waals surface area contributed by atoms with Crippen LogP contribution in [0.4, 0.5) is 5.69 Å². The van der Waals surface area contributed by atoms with Gasteiger partial charge in [-0.05, 0) is 49.9 Å². The van der Waals surface area contributed by atoms with Gasteiger partial charge in [-0.2, -0.15) is 0 Å². The van der Waals surface area contributed by atoms with Crippen LogP contribution in [0.15, 0.2) is 80.2 Å². The van der Waals surface area contributed by atoms with Gasteiger partial charge in [-0.15, -0.1) is 11.3 Å². The Hall–Kier alpha value is -3.58. The van der Waals surface area contributed by atoms with Crippen molar-refractivity contribution in [3.05, 3.63) is 86.9 Å². The molecule has 7 heteroatoms. The molecule has 0 spiro atoms. The number of thiazole rings is 1. The Morgan fingerprint density at radius 3 is 2.56 bits per heavy atom. The van der Waals surface area contributed by atoms with Crippen molar-refractivity contribution >= 4 is 28.0 Å². The molecule has 0 atom stereocenters. The second kappa shape index (κ2) is 9.47. The summed E-state index contributed by atoms with van der Waals surface area (Å²) in [5.74, 6) is 1.45. The largest absolute Gasteiger partial charge is 0.454 e. The fourth-order valence-corrected chi connectivity index (χ4v) is 6.21. The smallest absolute Gasteiger partial charge is 0.297 e. The van der Waals surface area contributed by atoms with Crippen molar-refractivity contribution in [3.63, 3.8) is 0 Å². The highest BCUT2D eigenvalue weighted by Gasteiger charge is 2.21. The number of fused-ring (bicyclic) bond motifs is 1. The maximum atomic E-state index is 13.5. The van der Waals surface area contributed by atoms with Crippen LogP contribution in [0.5, 0.6) is 0 Å². The minimum Gasteiger partial charge on any atom is -0.454 e. The average molecular weight is 499 g/mol. The highest BCUT2D eigenvalue weighted by atomic mass is 32.1. The van der Waals surface area contributed by atoms with E-state index < -0.39 is 0 Å². The van der Waals surface area contributed by atoms with E-state index in [2.05, 4.69) is 22.1 Å². The number of aromatic nitrogens is 3. The van der Waals surface area contributed by atoms with Crippen molar-refractivity contribution < 1.29 is 4.42 Å². The zero-order valence-electron chi connectivity index (χ0n) is 20.7. The van der Waals surface area contributed by atoms with Crippen molar-refractivity contribution in [2.75, 3.05) is 0 Å². The number of hydrogen-bond donors (Lipinski definition) is 0. The fraction of sp³-hybridized carbons (Fsp3) is 0.310. The van der Waals surface area contributed by atoms with Crippen molar-refractivity contribution in [3.8, 4) is 17.1 Å². The summed E-state index contributed by atoms with van der Waals surface area (Å²) in [6, 6.07) is 19.9. The van der Waals surface area contributed by atoms with E-state index in [9.17, 15) is 4.79 Å². The summed E-state index contributed by atoms with van der Waals surface area (Å²) in [6.07, 6.45) is 6.34. The Kier molecular flexibility index (Phi) is 6.01. The van der Waals surface area contributed by atoms with Gasteiger partial charge in [0.25, 0.3) is 5.56 Å². The van der Waals surface area contributed by atoms with Gasteiger partial charge in [0, 0.05) is 24.4 Å². The SMILES string of the molecule is Cc1c(N=c2scc(-c3cc4ccccc4o3)n2CC2CCCCC2)c(=O)n(-c2ccccc2)n1C. The van der Waals surface area contributed by atoms with Crippen LogP contribution >= 0.6 is 11.3 Å². The van der Waals surface area contributed by atoms with Gasteiger partial charge in [0.15, 0.2) is 16.2 Å². The number of para-hydroxylation sites is 2. The molecule has 3 heterocycles. The molecule has 3 aromatic heterocycles. The summed E-state index contributed by atoms with van der Waals surface area (Å²) in [7, 11) is 1.91. The lowest BCUT2D eigenvalue weighted by atomic mass is 9.89. The van der Waals surface area contributed by atoms with Crippen LogP contribution in [0.2, 0.25) is 0 Å². The predicted molar refractivity (Wildman–Crippen MR) is 145 cm³/mol. The lowest BCUT2D eigenvalue weighted by Crippen LogP contribution is -2.23. The Labute approximate surface area is 213 Å². The molecule has 0 aliphatic heterocycles. The lowest BCUT2D eigenvalue weighted by Gasteiger charge is -2.22. The van der Waals surface area contributed by atoms with Gasteiger partial charge in [0.2, 0.25) is 0 Å². The molecule has 5 aromatic rings. The van der Waals surface area contributed by atoms with Gasteiger partial charge in [-0.1, -0.05) is 55.7 Å². The molecule has 2 aromatic carbocycles. The third kappa shape index (κ3) is 4.07. The number of benzene rings is 2. The Morgan fingerprint density at radius 2 is 1.78 bits per heavy atom. The number of furan rings is 1. The van der Waals surface area contributed by atoms with Crippen LogP contribution in [-0.2, 0) is 13.6 Å². The molecule has 0 N–H and O–H groups in total. The molecule has 1 fully saturated rings. The van der Waals surface area contributed by atoms with Gasteiger partial charge < -0.3 is 8.98 Å². The molecule has 0 bridgehead atoms. The van der Waals surface area contributed by atoms with Crippen LogP contribution in [0.25, 0.3) is 28.1 Å². The molecule has 1 aliphatic carbocycles. The van der Waals surface area contributed by atoms with Crippen LogP contribution in [0.1, 0.15) is 37.8 Å². The van der Waals surface area contributed by atoms with Crippen LogP contribution in [0, 0.1) is 12.8 Å². The number of nitrogens with zero attached hydrogens (tertiary/aromatic N) is 4. The molecule has 184 valence electrons. The predicted octanol–water partition coefficient (Wildman–Crippen LogP) is 6.57. The first kappa shape index (κ1) is 22.9. The van der Waals surface area contributed by atoms with Gasteiger partial charge in [0.05, 0.1) is 17.1 Å². The minimum absolute atomic E-state index is 0.107. The highest BCUT2D eigenvalue weighted by molar-refractivity contribution is 7.07. The van der Waals surface area contributed by atoms with E-state index in [1.54, 1.807) is 16.0 Å². The first-order chi connectivity index (χ1) is 17.6. The van der Waals surface area contributed by atoms with Crippen LogP contribution < -0.4 is 10.4 Å². The summed E-state index contributed by atoms with van der Waals surface area (Å²) in [4.78, 5) is 19.4. The summed E-state index contributed by atoms with van der Waals surface area (Å²) >= 11 is 1.57. The second-order valence-corrected chi connectivity index (χ2v) is 10.5. The van der Waals surface area contributed by atoms with Crippen molar-refractivity contribution in [1.82, 2.24) is 13.9 Å². The molecule has 1 saturated carbocycles. The number of rotatable bonds is 5. The van der Waals surface area contributed by atoms with Crippen LogP contribution in [-0.4, -0.2) is 13.9 Å². The lowest BCUT2D eigenvalue weighted by molar-refractivity contribution is 0.317. The Balaban J connectivity index is 1.50. The molecule has 0 radical (unpaired) electrons. The molecule has 36 heavy (non-hydrogen) atoms. The zero-order valence-corrected chi connectivity index (χ0v) is 21.5. The fourth-order valence-electron chi connectivity index (χ4n) is 5.31. The van der Waals surface area contributed by atoms with E-state index in [0.29, 0.717) is 11.6 Å². The maximum absolute atomic E-state index is 13.5. The second-order valence-electron chi connectivity index (χ2n) is 9.69. The van der Waals surface area contributed by atoms with E-state index in [4.69, 9.17) is 9.41 Å². The van der Waals surface area contributed by atoms with E-state index >= 15 is 0 Å². The monoisotopic (exact) mass is 498 g/mol. The molecule has 6 rings (SSSR count). The van der Waals surface area contributed by atoms with Crippen molar-refractivity contribution in [1.29, 1.82) is 0 Å². The maximum Gasteiger partial charge on any atom is 0.297 e. The minimum atomic E-state index is -0.107. The Bertz CT molecular complexity index is 1610. The zero-order chi connectivity index (χ0) is 24.6. The average Bonchev–Trinajstić information content (AvgIpc) is 3.57. The molecule has 0 saturated heterocycles. The van der Waals surface area contributed by atoms with E-state index in [-0.39, 0.29) is 5.56 Å². The molecule has 0 amide bonds. The summed E-state index contributed by atoms with van der Waals surface area (Å²) < 4.78 is 12.1. The molecular weight excluding hydrogens is 468 g/mol. The Morgan fingerprint density at radius 1 is 1.03 bits per heavy atom. The topological polar surface area (TPSA) is 57.4 Å². The molecule has 6 nitrogen and oxygen atoms in total. The van der Waals surface area contributed by atoms with Crippen LogP contribution in [0.3, 0.4) is 0 Å². The third-order valence-electron chi connectivity index (χ3n) is 7.37. The van der Waals surface area contributed by atoms with Crippen molar-refractivity contribution in [2.45, 2.75) is 45.6 Å². The van der Waals surface area contributed by atoms with Gasteiger partial charge in [-0.25, -0.2) is 9.67 Å². The first-order valence-corrected chi connectivity index (χ1v) is 13.5. The summed E-state index contributed by atoms with van der Waals surface area (Å²) in [5.41, 5.74) is 3.95. The molecular formula is C29H30N4O2S. The number of hydrogen-bond acceptors (Lipinski definition) is 4. The standard InChI is InChI=1S/C29H30N4O2S/c1-20-27(28(34)33(31(20)2)23-14-7-4-8-15-23)30-29-32(18-21-11-5-3-6-12-21)24(19-36-29)26-17-22-13-9-10-16-25(22)35-26/h4,7-10,13-17,19,21H,3,5-6,11-12,18H2,1-2H3. The van der Waals surface area contributed by atoms with E-state index in [1.807, 2.05) is 67.2 Å². The molecule has 0 unspecified atom stereocenters. The summed E-state index contributed by atoms with van der Waals surface area (Å²) in [6.45, 7) is 2.84. The van der Waals surface area contributed by atoms with Gasteiger partial charge >= 0.3 is 0 Å². The summed E-state index contributed by atoms with van der Waals surface area (Å²) in [5, 5.41) is 3.21. The normalized spacial score (nSPS) is 15.2. The molecule has 1 aliphatic rings. The first-order valence-electron chi connectivity index (χ1n) is 12.7. The van der Waals surface area contributed by atoms with E-state index in [1.165, 1.54) is 32.1 Å². The van der Waals surface area contributed by atoms with E-state index in [0.717, 1.165) is 45.2 Å². The van der Waals surface area contributed by atoms with Gasteiger partial charge in [-0.3, -0.25) is 9.48 Å².